The van der Waals surface area contributed by atoms with Crippen LogP contribution in [0.15, 0.2) is 0 Å². The van der Waals surface area contributed by atoms with Gasteiger partial charge >= 0.3 is 5.97 Å². The van der Waals surface area contributed by atoms with Gasteiger partial charge in [0.05, 0.1) is 25.2 Å². The van der Waals surface area contributed by atoms with Crippen LogP contribution in [-0.4, -0.2) is 49.8 Å². The molecule has 0 aliphatic carbocycles. The van der Waals surface area contributed by atoms with Gasteiger partial charge in [0.25, 0.3) is 0 Å². The number of esters is 1. The number of rotatable bonds is 3. The van der Waals surface area contributed by atoms with E-state index in [4.69, 9.17) is 9.47 Å². The lowest BCUT2D eigenvalue weighted by molar-refractivity contribution is -0.144. The van der Waals surface area contributed by atoms with Crippen LogP contribution in [0.5, 0.6) is 0 Å². The zero-order valence-electron chi connectivity index (χ0n) is 9.28. The van der Waals surface area contributed by atoms with E-state index in [-0.39, 0.29) is 18.0 Å². The van der Waals surface area contributed by atoms with Gasteiger partial charge in [0.15, 0.2) is 0 Å². The van der Waals surface area contributed by atoms with Crippen molar-refractivity contribution in [1.29, 1.82) is 0 Å². The normalized spacial score (nSPS) is 33.0. The quantitative estimate of drug-likeness (QED) is 0.646. The molecule has 4 heteroatoms. The van der Waals surface area contributed by atoms with E-state index >= 15 is 0 Å². The molecule has 0 saturated carbocycles. The molecule has 15 heavy (non-hydrogen) atoms. The molecule has 2 heterocycles. The molecule has 2 aliphatic heterocycles. The molecule has 0 radical (unpaired) electrons. The Kier molecular flexibility index (Phi) is 3.59. The molecule has 2 atom stereocenters. The lowest BCUT2D eigenvalue weighted by Crippen LogP contribution is -2.37. The van der Waals surface area contributed by atoms with Crippen molar-refractivity contribution in [2.75, 3.05) is 32.8 Å². The average molecular weight is 213 g/mol. The molecule has 2 unspecified atom stereocenters. The molecule has 0 aromatic rings. The van der Waals surface area contributed by atoms with Gasteiger partial charge in [-0.3, -0.25) is 9.69 Å². The maximum atomic E-state index is 11.4. The fourth-order valence-electron chi connectivity index (χ4n) is 2.24. The molecule has 2 aliphatic rings. The topological polar surface area (TPSA) is 38.8 Å². The Hall–Kier alpha value is -0.610. The molecule has 0 aromatic heterocycles. The minimum absolute atomic E-state index is 0.00393. The van der Waals surface area contributed by atoms with Crippen molar-refractivity contribution in [3.05, 3.63) is 0 Å². The summed E-state index contributed by atoms with van der Waals surface area (Å²) in [5, 5.41) is 0. The number of carbonyl (C=O) groups excluding carboxylic acids is 1. The van der Waals surface area contributed by atoms with Crippen molar-refractivity contribution in [1.82, 2.24) is 4.90 Å². The highest BCUT2D eigenvalue weighted by atomic mass is 16.5. The summed E-state index contributed by atoms with van der Waals surface area (Å²) >= 11 is 0. The molecule has 0 spiro atoms. The second-order valence-corrected chi connectivity index (χ2v) is 4.42. The van der Waals surface area contributed by atoms with Crippen LogP contribution in [0.2, 0.25) is 0 Å². The Labute approximate surface area is 90.5 Å². The fraction of sp³-hybridized carbons (Fsp3) is 0.909. The van der Waals surface area contributed by atoms with Crippen molar-refractivity contribution in [2.24, 2.45) is 5.92 Å². The van der Waals surface area contributed by atoms with E-state index in [1.807, 2.05) is 6.92 Å². The van der Waals surface area contributed by atoms with E-state index in [0.29, 0.717) is 0 Å². The third-order valence-corrected chi connectivity index (χ3v) is 3.16. The van der Waals surface area contributed by atoms with Gasteiger partial charge in [0.1, 0.15) is 0 Å². The largest absolute Gasteiger partial charge is 0.462 e. The molecule has 2 rings (SSSR count). The Morgan fingerprint density at radius 1 is 1.40 bits per heavy atom. The second-order valence-electron chi connectivity index (χ2n) is 4.42. The van der Waals surface area contributed by atoms with E-state index < -0.39 is 0 Å². The van der Waals surface area contributed by atoms with Crippen molar-refractivity contribution >= 4 is 5.97 Å². The summed E-state index contributed by atoms with van der Waals surface area (Å²) in [6.07, 6.45) is 1.94. The van der Waals surface area contributed by atoms with Crippen LogP contribution in [-0.2, 0) is 14.3 Å². The first-order valence-electron chi connectivity index (χ1n) is 5.76. The minimum atomic E-state index is -0.00393. The molecular formula is C11H19NO3. The van der Waals surface area contributed by atoms with E-state index in [2.05, 4.69) is 4.90 Å². The Morgan fingerprint density at radius 3 is 2.73 bits per heavy atom. The lowest BCUT2D eigenvalue weighted by Gasteiger charge is -2.26. The van der Waals surface area contributed by atoms with Crippen LogP contribution < -0.4 is 0 Å². The van der Waals surface area contributed by atoms with E-state index in [1.54, 1.807) is 0 Å². The van der Waals surface area contributed by atoms with Crippen molar-refractivity contribution < 1.29 is 14.3 Å². The maximum Gasteiger partial charge on any atom is 0.309 e. The minimum Gasteiger partial charge on any atom is -0.462 e. The zero-order chi connectivity index (χ0) is 10.7. The van der Waals surface area contributed by atoms with Gasteiger partial charge in [-0.15, -0.1) is 0 Å². The average Bonchev–Trinajstić information content (AvgIpc) is 2.56. The summed E-state index contributed by atoms with van der Waals surface area (Å²) in [4.78, 5) is 13.8. The van der Waals surface area contributed by atoms with Gasteiger partial charge in [-0.2, -0.15) is 0 Å². The van der Waals surface area contributed by atoms with E-state index in [9.17, 15) is 4.79 Å². The van der Waals surface area contributed by atoms with Crippen LogP contribution >= 0.6 is 0 Å². The number of hydrogen-bond donors (Lipinski definition) is 0. The van der Waals surface area contributed by atoms with Gasteiger partial charge in [-0.25, -0.2) is 0 Å². The molecule has 4 nitrogen and oxygen atoms in total. The third kappa shape index (κ3) is 2.92. The Morgan fingerprint density at radius 2 is 2.13 bits per heavy atom. The van der Waals surface area contributed by atoms with Gasteiger partial charge in [-0.05, 0) is 26.3 Å². The molecule has 0 N–H and O–H groups in total. The van der Waals surface area contributed by atoms with Crippen molar-refractivity contribution in [2.45, 2.75) is 25.9 Å². The van der Waals surface area contributed by atoms with Gasteiger partial charge < -0.3 is 9.47 Å². The van der Waals surface area contributed by atoms with E-state index in [0.717, 1.165) is 45.7 Å². The van der Waals surface area contributed by atoms with Crippen LogP contribution in [0.1, 0.15) is 19.8 Å². The van der Waals surface area contributed by atoms with Gasteiger partial charge in [0.2, 0.25) is 0 Å². The lowest BCUT2D eigenvalue weighted by atomic mass is 10.0. The predicted octanol–water partition coefficient (Wildman–Crippen LogP) is 0.660. The SMILES string of the molecule is CC1CC(CCN2CCOCC2)C(=O)O1. The molecular weight excluding hydrogens is 194 g/mol. The first kappa shape index (κ1) is 10.9. The Balaban J connectivity index is 1.70. The fourth-order valence-corrected chi connectivity index (χ4v) is 2.24. The first-order chi connectivity index (χ1) is 7.25. The predicted molar refractivity (Wildman–Crippen MR) is 55.5 cm³/mol. The van der Waals surface area contributed by atoms with Gasteiger partial charge in [0, 0.05) is 13.1 Å². The van der Waals surface area contributed by atoms with Crippen molar-refractivity contribution in [3.8, 4) is 0 Å². The molecule has 2 saturated heterocycles. The summed E-state index contributed by atoms with van der Waals surface area (Å²) in [5.41, 5.74) is 0. The summed E-state index contributed by atoms with van der Waals surface area (Å²) < 4.78 is 10.4. The monoisotopic (exact) mass is 213 g/mol. The van der Waals surface area contributed by atoms with Crippen LogP contribution in [0, 0.1) is 5.92 Å². The van der Waals surface area contributed by atoms with Gasteiger partial charge in [-0.1, -0.05) is 0 Å². The maximum absolute atomic E-state index is 11.4. The van der Waals surface area contributed by atoms with E-state index in [1.165, 1.54) is 0 Å². The highest BCUT2D eigenvalue weighted by molar-refractivity contribution is 5.74. The highest BCUT2D eigenvalue weighted by Crippen LogP contribution is 2.23. The number of hydrogen-bond acceptors (Lipinski definition) is 4. The zero-order valence-corrected chi connectivity index (χ0v) is 9.28. The van der Waals surface area contributed by atoms with Crippen LogP contribution in [0.3, 0.4) is 0 Å². The Bertz CT molecular complexity index is 226. The molecule has 0 bridgehead atoms. The standard InChI is InChI=1S/C11H19NO3/c1-9-8-10(11(13)15-9)2-3-12-4-6-14-7-5-12/h9-10H,2-8H2,1H3. The molecule has 0 aromatic carbocycles. The summed E-state index contributed by atoms with van der Waals surface area (Å²) in [6.45, 7) is 6.61. The molecule has 86 valence electrons. The first-order valence-corrected chi connectivity index (χ1v) is 5.76. The summed E-state index contributed by atoms with van der Waals surface area (Å²) in [6, 6.07) is 0. The smallest absolute Gasteiger partial charge is 0.309 e. The summed E-state index contributed by atoms with van der Waals surface area (Å²) in [7, 11) is 0. The number of carbonyl (C=O) groups is 1. The van der Waals surface area contributed by atoms with Crippen LogP contribution in [0.25, 0.3) is 0 Å². The molecule has 0 amide bonds. The third-order valence-electron chi connectivity index (χ3n) is 3.16. The molecule has 2 fully saturated rings. The summed E-state index contributed by atoms with van der Waals surface area (Å²) in [5.74, 6) is 0.124. The second kappa shape index (κ2) is 4.94. The van der Waals surface area contributed by atoms with Crippen molar-refractivity contribution in [3.63, 3.8) is 0 Å². The number of morpholine rings is 1. The number of cyclic esters (lactones) is 1. The highest BCUT2D eigenvalue weighted by Gasteiger charge is 2.31. The number of ether oxygens (including phenoxy) is 2. The number of nitrogens with zero attached hydrogens (tertiary/aromatic N) is 1. The van der Waals surface area contributed by atoms with Crippen LogP contribution in [0.4, 0.5) is 0 Å².